The van der Waals surface area contributed by atoms with Crippen molar-refractivity contribution in [1.29, 1.82) is 0 Å². The molecule has 0 saturated heterocycles. The fourth-order valence-electron chi connectivity index (χ4n) is 2.25. The minimum atomic E-state index is -0.493. The molecule has 0 atom stereocenters. The van der Waals surface area contributed by atoms with Crippen LogP contribution in [0.3, 0.4) is 0 Å². The third-order valence-electron chi connectivity index (χ3n) is 3.25. The zero-order valence-corrected chi connectivity index (χ0v) is 9.99. The van der Waals surface area contributed by atoms with Gasteiger partial charge in [-0.15, -0.1) is 0 Å². The summed E-state index contributed by atoms with van der Waals surface area (Å²) in [6, 6.07) is 4.59. The van der Waals surface area contributed by atoms with Gasteiger partial charge in [-0.25, -0.2) is 0 Å². The summed E-state index contributed by atoms with van der Waals surface area (Å²) in [4.78, 5) is 0. The first-order chi connectivity index (χ1) is 9.40. The molecule has 0 spiro atoms. The Balaban J connectivity index is 2.64. The van der Waals surface area contributed by atoms with Gasteiger partial charge in [0.2, 0.25) is 0 Å². The van der Waals surface area contributed by atoms with Gasteiger partial charge in [-0.05, 0) is 35.0 Å². The third-order valence-corrected chi connectivity index (χ3v) is 3.25. The van der Waals surface area contributed by atoms with Crippen LogP contribution in [0.25, 0.3) is 21.5 Å². The van der Waals surface area contributed by atoms with Crippen molar-refractivity contribution in [1.82, 2.24) is 0 Å². The van der Waals surface area contributed by atoms with Gasteiger partial charge >= 0.3 is 0 Å². The Bertz CT molecular complexity index is 796. The molecule has 0 aromatic heterocycles. The highest BCUT2D eigenvalue weighted by Gasteiger charge is 2.17. The Kier molecular flexibility index (Phi) is 2.25. The topological polar surface area (TPSA) is 121 Å². The molecule has 6 heteroatoms. The van der Waals surface area contributed by atoms with Crippen LogP contribution in [0.15, 0.2) is 24.3 Å². The predicted molar refractivity (Wildman–Crippen MR) is 71.4 cm³/mol. The summed E-state index contributed by atoms with van der Waals surface area (Å²) in [6.07, 6.45) is 0. The molecule has 3 aromatic carbocycles. The van der Waals surface area contributed by atoms with E-state index in [4.69, 9.17) is 0 Å². The van der Waals surface area contributed by atoms with E-state index in [1.807, 2.05) is 0 Å². The minimum absolute atomic E-state index is 0.107. The summed E-state index contributed by atoms with van der Waals surface area (Å²) in [5.74, 6) is -2.70. The van der Waals surface area contributed by atoms with Crippen molar-refractivity contribution < 1.29 is 30.6 Å². The average Bonchev–Trinajstić information content (AvgIpc) is 2.41. The van der Waals surface area contributed by atoms with Gasteiger partial charge in [0.25, 0.3) is 0 Å². The van der Waals surface area contributed by atoms with Gasteiger partial charge < -0.3 is 30.6 Å². The fraction of sp³-hybridized carbons (Fsp3) is 0. The van der Waals surface area contributed by atoms with Crippen molar-refractivity contribution in [3.05, 3.63) is 24.3 Å². The van der Waals surface area contributed by atoms with Crippen LogP contribution in [0, 0.1) is 0 Å². The number of rotatable bonds is 0. The summed E-state index contributed by atoms with van der Waals surface area (Å²) < 4.78 is 0. The summed E-state index contributed by atoms with van der Waals surface area (Å²) in [5, 5.41) is 58.8. The Morgan fingerprint density at radius 1 is 0.400 bits per heavy atom. The van der Waals surface area contributed by atoms with E-state index < -0.39 is 34.5 Å². The molecule has 0 bridgehead atoms. The highest BCUT2D eigenvalue weighted by Crippen LogP contribution is 2.47. The minimum Gasteiger partial charge on any atom is -0.504 e. The van der Waals surface area contributed by atoms with Crippen LogP contribution in [0.4, 0.5) is 0 Å². The zero-order valence-electron chi connectivity index (χ0n) is 9.99. The molecule has 20 heavy (non-hydrogen) atoms. The molecule has 0 radical (unpaired) electrons. The number of hydrogen-bond donors (Lipinski definition) is 6. The van der Waals surface area contributed by atoms with Gasteiger partial charge in [0, 0.05) is 10.8 Å². The van der Waals surface area contributed by atoms with E-state index in [9.17, 15) is 30.6 Å². The van der Waals surface area contributed by atoms with E-state index in [1.54, 1.807) is 0 Å². The van der Waals surface area contributed by atoms with E-state index in [-0.39, 0.29) is 10.8 Å². The molecule has 6 nitrogen and oxygen atoms in total. The van der Waals surface area contributed by atoms with E-state index >= 15 is 0 Å². The Morgan fingerprint density at radius 3 is 0.950 bits per heavy atom. The molecule has 0 heterocycles. The molecule has 6 N–H and O–H groups in total. The van der Waals surface area contributed by atoms with Gasteiger partial charge in [-0.1, -0.05) is 0 Å². The molecular weight excluding hydrogens is 264 g/mol. The van der Waals surface area contributed by atoms with Gasteiger partial charge in [0.05, 0.1) is 0 Å². The molecule has 3 aromatic rings. The van der Waals surface area contributed by atoms with E-state index in [2.05, 4.69) is 0 Å². The Hall–Kier alpha value is -3.02. The highest BCUT2D eigenvalue weighted by molar-refractivity contribution is 6.15. The summed E-state index contributed by atoms with van der Waals surface area (Å²) in [5.41, 5.74) is 0. The SMILES string of the molecule is Oc1cc2c(O)c(O)c3cc(O)c(O)cc3c2cc1O. The first kappa shape index (κ1) is 12.0. The maximum Gasteiger partial charge on any atom is 0.166 e. The van der Waals surface area contributed by atoms with Crippen LogP contribution >= 0.6 is 0 Å². The molecule has 0 aliphatic heterocycles. The van der Waals surface area contributed by atoms with Crippen molar-refractivity contribution in [2.75, 3.05) is 0 Å². The molecule has 0 aliphatic rings. The van der Waals surface area contributed by atoms with Crippen LogP contribution in [-0.4, -0.2) is 30.6 Å². The lowest BCUT2D eigenvalue weighted by Gasteiger charge is -2.11. The van der Waals surface area contributed by atoms with Crippen molar-refractivity contribution >= 4 is 21.5 Å². The maximum absolute atomic E-state index is 9.94. The van der Waals surface area contributed by atoms with Crippen LogP contribution < -0.4 is 0 Å². The molecule has 0 fully saturated rings. The Labute approximate surface area is 112 Å². The molecule has 0 aliphatic carbocycles. The summed E-state index contributed by atoms with van der Waals surface area (Å²) in [7, 11) is 0. The van der Waals surface area contributed by atoms with E-state index in [0.717, 1.165) is 12.1 Å². The summed E-state index contributed by atoms with van der Waals surface area (Å²) >= 11 is 0. The molecule has 0 amide bonds. The van der Waals surface area contributed by atoms with Crippen LogP contribution in [0.2, 0.25) is 0 Å². The van der Waals surface area contributed by atoms with Gasteiger partial charge in [-0.2, -0.15) is 0 Å². The summed E-state index contributed by atoms with van der Waals surface area (Å²) in [6.45, 7) is 0. The van der Waals surface area contributed by atoms with Crippen LogP contribution in [0.5, 0.6) is 34.5 Å². The third kappa shape index (κ3) is 1.45. The number of phenolic OH excluding ortho intramolecular Hbond substituents is 6. The smallest absolute Gasteiger partial charge is 0.166 e. The predicted octanol–water partition coefficient (Wildman–Crippen LogP) is 2.23. The number of fused-ring (bicyclic) bond motifs is 3. The standard InChI is InChI=1S/C14H10O6/c15-9-1-5-6-2-10(16)12(18)4-8(6)14(20)13(19)7(5)3-11(9)17/h1-4,15-20H. The van der Waals surface area contributed by atoms with Gasteiger partial charge in [0.15, 0.2) is 34.5 Å². The van der Waals surface area contributed by atoms with Gasteiger partial charge in [-0.3, -0.25) is 0 Å². The second kappa shape index (κ2) is 3.74. The van der Waals surface area contributed by atoms with Crippen molar-refractivity contribution in [3.63, 3.8) is 0 Å². The lowest BCUT2D eigenvalue weighted by Crippen LogP contribution is -1.83. The first-order valence-corrected chi connectivity index (χ1v) is 5.65. The van der Waals surface area contributed by atoms with E-state index in [0.29, 0.717) is 10.8 Å². The first-order valence-electron chi connectivity index (χ1n) is 5.65. The Morgan fingerprint density at radius 2 is 0.650 bits per heavy atom. The van der Waals surface area contributed by atoms with E-state index in [1.165, 1.54) is 12.1 Å². The highest BCUT2D eigenvalue weighted by atomic mass is 16.3. The monoisotopic (exact) mass is 274 g/mol. The van der Waals surface area contributed by atoms with Crippen molar-refractivity contribution in [2.45, 2.75) is 0 Å². The molecule has 102 valence electrons. The van der Waals surface area contributed by atoms with Crippen molar-refractivity contribution in [2.24, 2.45) is 0 Å². The van der Waals surface area contributed by atoms with Crippen molar-refractivity contribution in [3.8, 4) is 34.5 Å². The zero-order chi connectivity index (χ0) is 14.6. The number of phenols is 6. The molecule has 0 saturated carbocycles. The second-order valence-corrected chi connectivity index (χ2v) is 4.47. The maximum atomic E-state index is 9.94. The molecule has 3 rings (SSSR count). The normalized spacial score (nSPS) is 11.2. The van der Waals surface area contributed by atoms with Crippen LogP contribution in [0.1, 0.15) is 0 Å². The number of hydrogen-bond acceptors (Lipinski definition) is 6. The number of benzene rings is 3. The second-order valence-electron chi connectivity index (χ2n) is 4.47. The van der Waals surface area contributed by atoms with Gasteiger partial charge in [0.1, 0.15) is 0 Å². The average molecular weight is 274 g/mol. The quantitative estimate of drug-likeness (QED) is 0.276. The lowest BCUT2D eigenvalue weighted by atomic mass is 9.98. The fourth-order valence-corrected chi connectivity index (χ4v) is 2.25. The molecule has 0 unspecified atom stereocenters. The lowest BCUT2D eigenvalue weighted by molar-refractivity contribution is 0.400. The number of aromatic hydroxyl groups is 6. The molecular formula is C14H10O6. The van der Waals surface area contributed by atoms with Crippen LogP contribution in [-0.2, 0) is 0 Å². The largest absolute Gasteiger partial charge is 0.504 e.